The lowest BCUT2D eigenvalue weighted by molar-refractivity contribution is 0.100. The van der Waals surface area contributed by atoms with Gasteiger partial charge in [0.25, 0.3) is 5.91 Å². The lowest BCUT2D eigenvalue weighted by Gasteiger charge is -2.10. The molecule has 0 aliphatic heterocycles. The Balaban J connectivity index is 2.40. The summed E-state index contributed by atoms with van der Waals surface area (Å²) in [5, 5.41) is 7.46. The van der Waals surface area contributed by atoms with Crippen molar-refractivity contribution < 1.29 is 4.79 Å². The molecule has 0 saturated heterocycles. The quantitative estimate of drug-likeness (QED) is 0.882. The van der Waals surface area contributed by atoms with Gasteiger partial charge in [-0.15, -0.1) is 0 Å². The zero-order chi connectivity index (χ0) is 13.8. The first-order valence-electron chi connectivity index (χ1n) is 5.95. The highest BCUT2D eigenvalue weighted by molar-refractivity contribution is 9.10. The highest BCUT2D eigenvalue weighted by atomic mass is 79.9. The molecule has 19 heavy (non-hydrogen) atoms. The summed E-state index contributed by atoms with van der Waals surface area (Å²) in [6, 6.07) is 5.97. The van der Waals surface area contributed by atoms with E-state index in [1.54, 1.807) is 10.9 Å². The van der Waals surface area contributed by atoms with E-state index in [4.69, 9.17) is 5.73 Å². The van der Waals surface area contributed by atoms with Gasteiger partial charge in [0, 0.05) is 17.2 Å². The van der Waals surface area contributed by atoms with Crippen LogP contribution in [-0.2, 0) is 6.54 Å². The van der Waals surface area contributed by atoms with Crippen molar-refractivity contribution in [3.63, 3.8) is 0 Å². The minimum absolute atomic E-state index is 0.398. The second kappa shape index (κ2) is 5.99. The van der Waals surface area contributed by atoms with Crippen molar-refractivity contribution in [1.29, 1.82) is 0 Å². The Morgan fingerprint density at radius 2 is 2.32 bits per heavy atom. The molecule has 0 fully saturated rings. The number of carbonyl (C=O) groups excluding carboxylic acids is 1. The van der Waals surface area contributed by atoms with Gasteiger partial charge in [-0.1, -0.05) is 28.9 Å². The van der Waals surface area contributed by atoms with Crippen molar-refractivity contribution in [2.75, 3.05) is 6.54 Å². The van der Waals surface area contributed by atoms with E-state index in [9.17, 15) is 4.79 Å². The molecular formula is C13H15BrN4O. The molecule has 1 aromatic carbocycles. The minimum atomic E-state index is -0.477. The van der Waals surface area contributed by atoms with Crippen LogP contribution in [0, 0.1) is 0 Å². The summed E-state index contributed by atoms with van der Waals surface area (Å²) < 4.78 is 2.62. The van der Waals surface area contributed by atoms with Crippen molar-refractivity contribution >= 4 is 21.8 Å². The predicted molar refractivity (Wildman–Crippen MR) is 77.2 cm³/mol. The van der Waals surface area contributed by atoms with Gasteiger partial charge in [-0.3, -0.25) is 4.79 Å². The van der Waals surface area contributed by atoms with Crippen LogP contribution in [-0.4, -0.2) is 22.2 Å². The number of amides is 1. The van der Waals surface area contributed by atoms with Gasteiger partial charge < -0.3 is 11.1 Å². The third-order valence-corrected chi connectivity index (χ3v) is 3.22. The van der Waals surface area contributed by atoms with Crippen LogP contribution >= 0.6 is 15.9 Å². The van der Waals surface area contributed by atoms with E-state index in [0.29, 0.717) is 5.56 Å². The van der Waals surface area contributed by atoms with Crippen molar-refractivity contribution in [2.45, 2.75) is 13.5 Å². The van der Waals surface area contributed by atoms with Crippen LogP contribution in [0.15, 0.2) is 35.1 Å². The molecule has 6 heteroatoms. The normalized spacial score (nSPS) is 10.6. The molecular weight excluding hydrogens is 308 g/mol. The topological polar surface area (TPSA) is 72.9 Å². The van der Waals surface area contributed by atoms with Crippen molar-refractivity contribution in [1.82, 2.24) is 15.1 Å². The molecule has 0 bridgehead atoms. The van der Waals surface area contributed by atoms with Gasteiger partial charge in [-0.2, -0.15) is 5.10 Å². The Kier molecular flexibility index (Phi) is 4.34. The van der Waals surface area contributed by atoms with E-state index in [1.165, 1.54) is 6.20 Å². The van der Waals surface area contributed by atoms with Crippen molar-refractivity contribution in [3.8, 4) is 5.69 Å². The standard InChI is InChI=1S/C13H15BrN4O/c1-2-16-6-9-3-4-11(14)5-12(9)18-8-10(7-17-18)13(15)19/h3-5,7-8,16H,2,6H2,1H3,(H2,15,19). The van der Waals surface area contributed by atoms with Gasteiger partial charge in [0.1, 0.15) is 0 Å². The number of hydrogen-bond donors (Lipinski definition) is 2. The first-order valence-corrected chi connectivity index (χ1v) is 6.75. The van der Waals surface area contributed by atoms with Gasteiger partial charge in [0.15, 0.2) is 0 Å². The summed E-state index contributed by atoms with van der Waals surface area (Å²) in [4.78, 5) is 11.1. The highest BCUT2D eigenvalue weighted by Crippen LogP contribution is 2.20. The monoisotopic (exact) mass is 322 g/mol. The number of primary amides is 1. The number of aromatic nitrogens is 2. The Morgan fingerprint density at radius 3 is 2.95 bits per heavy atom. The fraction of sp³-hybridized carbons (Fsp3) is 0.231. The van der Waals surface area contributed by atoms with Gasteiger partial charge in [-0.05, 0) is 24.2 Å². The van der Waals surface area contributed by atoms with Crippen LogP contribution in [0.2, 0.25) is 0 Å². The molecule has 100 valence electrons. The molecule has 1 aromatic heterocycles. The number of carbonyl (C=O) groups is 1. The fourth-order valence-electron chi connectivity index (χ4n) is 1.74. The summed E-state index contributed by atoms with van der Waals surface area (Å²) in [6.07, 6.45) is 3.11. The van der Waals surface area contributed by atoms with Crippen LogP contribution in [0.25, 0.3) is 5.69 Å². The molecule has 0 aliphatic carbocycles. The SMILES string of the molecule is CCNCc1ccc(Br)cc1-n1cc(C(N)=O)cn1. The first-order chi connectivity index (χ1) is 9.11. The average Bonchev–Trinajstić information content (AvgIpc) is 2.87. The zero-order valence-electron chi connectivity index (χ0n) is 10.6. The molecule has 2 aromatic rings. The summed E-state index contributed by atoms with van der Waals surface area (Å²) >= 11 is 3.44. The number of nitrogens with zero attached hydrogens (tertiary/aromatic N) is 2. The molecule has 3 N–H and O–H groups in total. The number of benzene rings is 1. The molecule has 0 radical (unpaired) electrons. The van der Waals surface area contributed by atoms with E-state index in [2.05, 4.69) is 33.3 Å². The van der Waals surface area contributed by atoms with Gasteiger partial charge in [0.05, 0.1) is 17.4 Å². The third kappa shape index (κ3) is 3.21. The highest BCUT2D eigenvalue weighted by Gasteiger charge is 2.09. The largest absolute Gasteiger partial charge is 0.366 e. The lowest BCUT2D eigenvalue weighted by atomic mass is 10.2. The average molecular weight is 323 g/mol. The second-order valence-corrected chi connectivity index (χ2v) is 5.01. The molecule has 0 unspecified atom stereocenters. The van der Waals surface area contributed by atoms with Crippen LogP contribution in [0.5, 0.6) is 0 Å². The molecule has 0 atom stereocenters. The minimum Gasteiger partial charge on any atom is -0.366 e. The zero-order valence-corrected chi connectivity index (χ0v) is 12.1. The van der Waals surface area contributed by atoms with E-state index >= 15 is 0 Å². The lowest BCUT2D eigenvalue weighted by Crippen LogP contribution is -2.14. The number of nitrogens with two attached hydrogens (primary N) is 1. The number of nitrogens with one attached hydrogen (secondary N) is 1. The van der Waals surface area contributed by atoms with E-state index in [0.717, 1.165) is 28.8 Å². The Hall–Kier alpha value is -1.66. The molecule has 0 saturated carbocycles. The van der Waals surface area contributed by atoms with Crippen molar-refractivity contribution in [2.24, 2.45) is 5.73 Å². The second-order valence-electron chi connectivity index (χ2n) is 4.09. The molecule has 5 nitrogen and oxygen atoms in total. The van der Waals surface area contributed by atoms with Crippen LogP contribution in [0.1, 0.15) is 22.8 Å². The molecule has 2 rings (SSSR count). The summed E-state index contributed by atoms with van der Waals surface area (Å²) in [7, 11) is 0. The maximum atomic E-state index is 11.1. The van der Waals surface area contributed by atoms with E-state index in [1.807, 2.05) is 18.2 Å². The third-order valence-electron chi connectivity index (χ3n) is 2.73. The summed E-state index contributed by atoms with van der Waals surface area (Å²) in [5.74, 6) is -0.477. The molecule has 0 aliphatic rings. The van der Waals surface area contributed by atoms with Crippen molar-refractivity contribution in [3.05, 3.63) is 46.2 Å². The fourth-order valence-corrected chi connectivity index (χ4v) is 2.09. The van der Waals surface area contributed by atoms with Gasteiger partial charge >= 0.3 is 0 Å². The predicted octanol–water partition coefficient (Wildman–Crippen LogP) is 1.84. The Bertz CT molecular complexity index is 594. The maximum Gasteiger partial charge on any atom is 0.251 e. The summed E-state index contributed by atoms with van der Waals surface area (Å²) in [5.41, 5.74) is 7.66. The summed E-state index contributed by atoms with van der Waals surface area (Å²) in [6.45, 7) is 3.68. The first kappa shape index (κ1) is 13.8. The molecule has 1 amide bonds. The number of hydrogen-bond acceptors (Lipinski definition) is 3. The van der Waals surface area contributed by atoms with Crippen LogP contribution < -0.4 is 11.1 Å². The number of rotatable bonds is 5. The van der Waals surface area contributed by atoms with E-state index < -0.39 is 5.91 Å². The Labute approximate surface area is 119 Å². The molecule has 0 spiro atoms. The number of halogens is 1. The van der Waals surface area contributed by atoms with E-state index in [-0.39, 0.29) is 0 Å². The Morgan fingerprint density at radius 1 is 1.53 bits per heavy atom. The van der Waals surface area contributed by atoms with Crippen LogP contribution in [0.3, 0.4) is 0 Å². The van der Waals surface area contributed by atoms with Gasteiger partial charge in [-0.25, -0.2) is 4.68 Å². The smallest absolute Gasteiger partial charge is 0.251 e. The maximum absolute atomic E-state index is 11.1. The molecule has 1 heterocycles. The van der Waals surface area contributed by atoms with Crippen LogP contribution in [0.4, 0.5) is 0 Å². The van der Waals surface area contributed by atoms with Gasteiger partial charge in [0.2, 0.25) is 0 Å².